The van der Waals surface area contributed by atoms with Crippen molar-refractivity contribution in [3.05, 3.63) is 18.0 Å². The zero-order chi connectivity index (χ0) is 17.1. The van der Waals surface area contributed by atoms with Crippen LogP contribution in [0.5, 0.6) is 0 Å². The molecule has 4 aliphatic carbocycles. The lowest BCUT2D eigenvalue weighted by Crippen LogP contribution is -2.41. The first-order chi connectivity index (χ1) is 11.3. The summed E-state index contributed by atoms with van der Waals surface area (Å²) in [6.45, 7) is 5.92. The highest BCUT2D eigenvalue weighted by atomic mass is 16.6. The molecular weight excluding hydrogens is 310 g/mol. The molecule has 4 aliphatic rings. The minimum absolute atomic E-state index is 0.0580. The van der Waals surface area contributed by atoms with E-state index < -0.39 is 5.60 Å². The van der Waals surface area contributed by atoms with E-state index in [2.05, 4.69) is 15.8 Å². The number of hydrogen-bond acceptors (Lipinski definition) is 5. The third-order valence-electron chi connectivity index (χ3n) is 5.66. The summed E-state index contributed by atoms with van der Waals surface area (Å²) in [6.07, 6.45) is 2.98. The second-order valence-corrected chi connectivity index (χ2v) is 8.22. The van der Waals surface area contributed by atoms with Gasteiger partial charge in [0.15, 0.2) is 0 Å². The van der Waals surface area contributed by atoms with Gasteiger partial charge in [0.05, 0.1) is 12.0 Å². The van der Waals surface area contributed by atoms with Crippen molar-refractivity contribution in [3.63, 3.8) is 0 Å². The van der Waals surface area contributed by atoms with Gasteiger partial charge in [0, 0.05) is 12.1 Å². The normalized spacial score (nSPS) is 35.6. The predicted molar refractivity (Wildman–Crippen MR) is 83.6 cm³/mol. The van der Waals surface area contributed by atoms with Gasteiger partial charge in [-0.3, -0.25) is 4.79 Å². The summed E-state index contributed by atoms with van der Waals surface area (Å²) in [5.74, 6) is 1.09. The number of ether oxygens (including phenoxy) is 1. The number of nitrogens with zero attached hydrogens (tertiary/aromatic N) is 1. The molecule has 2 N–H and O–H groups in total. The number of amides is 2. The van der Waals surface area contributed by atoms with Crippen molar-refractivity contribution >= 4 is 12.0 Å². The van der Waals surface area contributed by atoms with Gasteiger partial charge in [0.1, 0.15) is 17.6 Å². The van der Waals surface area contributed by atoms with Gasteiger partial charge in [-0.25, -0.2) is 4.79 Å². The fourth-order valence-electron chi connectivity index (χ4n) is 4.90. The molecule has 4 fully saturated rings. The molecule has 5 rings (SSSR count). The SMILES string of the molecule is CC(C)(C)OC(=O)NC1C2CC3C1C3(C(=O)NCc1ccon1)C2. The molecule has 7 nitrogen and oxygen atoms in total. The second-order valence-electron chi connectivity index (χ2n) is 8.22. The minimum Gasteiger partial charge on any atom is -0.444 e. The van der Waals surface area contributed by atoms with Crippen molar-refractivity contribution in [2.45, 2.75) is 51.8 Å². The van der Waals surface area contributed by atoms with Gasteiger partial charge in [-0.1, -0.05) is 5.16 Å². The smallest absolute Gasteiger partial charge is 0.407 e. The molecule has 0 spiro atoms. The third kappa shape index (κ3) is 2.29. The molecule has 5 atom stereocenters. The van der Waals surface area contributed by atoms with Crippen LogP contribution in [0, 0.1) is 23.2 Å². The highest BCUT2D eigenvalue weighted by Gasteiger charge is 2.82. The lowest BCUT2D eigenvalue weighted by molar-refractivity contribution is -0.127. The first-order valence-corrected chi connectivity index (χ1v) is 8.48. The molecule has 130 valence electrons. The molecule has 7 heteroatoms. The van der Waals surface area contributed by atoms with Crippen LogP contribution in [-0.2, 0) is 16.1 Å². The molecule has 4 saturated carbocycles. The van der Waals surface area contributed by atoms with Crippen LogP contribution in [0.25, 0.3) is 0 Å². The summed E-state index contributed by atoms with van der Waals surface area (Å²) in [4.78, 5) is 24.7. The van der Waals surface area contributed by atoms with Crippen LogP contribution in [0.1, 0.15) is 39.3 Å². The molecule has 1 aromatic heterocycles. The summed E-state index contributed by atoms with van der Waals surface area (Å²) in [5, 5.41) is 9.78. The Kier molecular flexibility index (Phi) is 3.21. The van der Waals surface area contributed by atoms with Gasteiger partial charge in [-0.2, -0.15) is 0 Å². The molecule has 1 heterocycles. The largest absolute Gasteiger partial charge is 0.444 e. The molecule has 1 aromatic rings. The molecule has 0 aromatic carbocycles. The standard InChI is InChI=1S/C17H23N3O4/c1-16(2,3)24-15(22)19-13-9-6-11-12(13)17(11,7-9)14(21)18-8-10-4-5-23-20-10/h4-5,9,11-13H,6-8H2,1-3H3,(H,18,21)(H,19,22). The average molecular weight is 333 g/mol. The quantitative estimate of drug-likeness (QED) is 0.877. The van der Waals surface area contributed by atoms with Gasteiger partial charge in [0.2, 0.25) is 5.91 Å². The summed E-state index contributed by atoms with van der Waals surface area (Å²) in [7, 11) is 0. The first kappa shape index (κ1) is 15.5. The van der Waals surface area contributed by atoms with Crippen LogP contribution in [0.3, 0.4) is 0 Å². The minimum atomic E-state index is -0.513. The number of carbonyl (C=O) groups is 2. The van der Waals surface area contributed by atoms with E-state index in [4.69, 9.17) is 9.26 Å². The van der Waals surface area contributed by atoms with Crippen LogP contribution < -0.4 is 10.6 Å². The fraction of sp³-hybridized carbons (Fsp3) is 0.706. The number of alkyl carbamates (subject to hydrolysis) is 1. The Balaban J connectivity index is 1.37. The van der Waals surface area contributed by atoms with Crippen molar-refractivity contribution < 1.29 is 18.8 Å². The van der Waals surface area contributed by atoms with Crippen LogP contribution in [0.4, 0.5) is 4.79 Å². The van der Waals surface area contributed by atoms with E-state index in [0.29, 0.717) is 24.1 Å². The van der Waals surface area contributed by atoms with E-state index in [0.717, 1.165) is 12.8 Å². The molecular formula is C17H23N3O4. The lowest BCUT2D eigenvalue weighted by Gasteiger charge is -2.23. The van der Waals surface area contributed by atoms with E-state index in [9.17, 15) is 9.59 Å². The number of hydrogen-bond donors (Lipinski definition) is 2. The summed E-state index contributed by atoms with van der Waals surface area (Å²) in [6, 6.07) is 1.80. The summed E-state index contributed by atoms with van der Waals surface area (Å²) < 4.78 is 10.1. The van der Waals surface area contributed by atoms with Crippen molar-refractivity contribution in [1.82, 2.24) is 15.8 Å². The van der Waals surface area contributed by atoms with E-state index in [-0.39, 0.29) is 29.4 Å². The predicted octanol–water partition coefficient (Wildman–Crippen LogP) is 1.84. The summed E-state index contributed by atoms with van der Waals surface area (Å²) in [5.41, 5.74) is -0.0966. The Bertz CT molecular complexity index is 666. The topological polar surface area (TPSA) is 93.5 Å². The van der Waals surface area contributed by atoms with Crippen molar-refractivity contribution in [1.29, 1.82) is 0 Å². The maximum Gasteiger partial charge on any atom is 0.407 e. The monoisotopic (exact) mass is 333 g/mol. The zero-order valence-electron chi connectivity index (χ0n) is 14.2. The number of rotatable bonds is 4. The maximum atomic E-state index is 12.7. The van der Waals surface area contributed by atoms with Crippen LogP contribution in [0.15, 0.2) is 16.9 Å². The molecule has 0 saturated heterocycles. The number of aromatic nitrogens is 1. The molecule has 5 unspecified atom stereocenters. The van der Waals surface area contributed by atoms with Crippen LogP contribution in [-0.4, -0.2) is 28.8 Å². The maximum absolute atomic E-state index is 12.7. The Morgan fingerprint density at radius 3 is 2.88 bits per heavy atom. The van der Waals surface area contributed by atoms with Crippen LogP contribution >= 0.6 is 0 Å². The highest BCUT2D eigenvalue weighted by molar-refractivity contribution is 5.88. The van der Waals surface area contributed by atoms with Gasteiger partial charge in [-0.05, 0) is 51.4 Å². The first-order valence-electron chi connectivity index (χ1n) is 8.48. The van der Waals surface area contributed by atoms with E-state index in [1.54, 1.807) is 6.07 Å². The number of carbonyl (C=O) groups excluding carboxylic acids is 2. The number of nitrogens with one attached hydrogen (secondary N) is 2. The lowest BCUT2D eigenvalue weighted by atomic mass is 10.0. The van der Waals surface area contributed by atoms with Crippen molar-refractivity contribution in [2.75, 3.05) is 0 Å². The van der Waals surface area contributed by atoms with E-state index in [1.165, 1.54) is 6.26 Å². The van der Waals surface area contributed by atoms with E-state index >= 15 is 0 Å². The van der Waals surface area contributed by atoms with Gasteiger partial charge >= 0.3 is 6.09 Å². The third-order valence-corrected chi connectivity index (χ3v) is 5.66. The van der Waals surface area contributed by atoms with Gasteiger partial charge < -0.3 is 19.9 Å². The fourth-order valence-corrected chi connectivity index (χ4v) is 4.90. The van der Waals surface area contributed by atoms with Crippen molar-refractivity contribution in [3.8, 4) is 0 Å². The highest BCUT2D eigenvalue weighted by Crippen LogP contribution is 2.79. The molecule has 0 aliphatic heterocycles. The average Bonchev–Trinajstić information content (AvgIpc) is 3.02. The van der Waals surface area contributed by atoms with E-state index in [1.807, 2.05) is 20.8 Å². The molecule has 24 heavy (non-hydrogen) atoms. The Morgan fingerprint density at radius 2 is 2.25 bits per heavy atom. The second kappa shape index (κ2) is 4.97. The zero-order valence-corrected chi connectivity index (χ0v) is 14.2. The summed E-state index contributed by atoms with van der Waals surface area (Å²) >= 11 is 0. The Labute approximate surface area is 140 Å². The van der Waals surface area contributed by atoms with Gasteiger partial charge in [0.25, 0.3) is 0 Å². The molecule has 0 radical (unpaired) electrons. The van der Waals surface area contributed by atoms with Crippen molar-refractivity contribution in [2.24, 2.45) is 23.2 Å². The molecule has 2 amide bonds. The Morgan fingerprint density at radius 1 is 1.46 bits per heavy atom. The van der Waals surface area contributed by atoms with Gasteiger partial charge in [-0.15, -0.1) is 0 Å². The Hall–Kier alpha value is -2.05. The van der Waals surface area contributed by atoms with Crippen LogP contribution in [0.2, 0.25) is 0 Å². The molecule has 4 bridgehead atoms.